The quantitative estimate of drug-likeness (QED) is 0.432. The summed E-state index contributed by atoms with van der Waals surface area (Å²) < 4.78 is 33.5. The van der Waals surface area contributed by atoms with Gasteiger partial charge in [0.15, 0.2) is 0 Å². The minimum absolute atomic E-state index is 0.0110. The number of carbonyl (C=O) groups is 1. The molecule has 0 bridgehead atoms. The van der Waals surface area contributed by atoms with Gasteiger partial charge in [-0.3, -0.25) is 4.79 Å². The maximum atomic E-state index is 13.6. The van der Waals surface area contributed by atoms with Crippen LogP contribution < -0.4 is 10.1 Å². The summed E-state index contributed by atoms with van der Waals surface area (Å²) in [5, 5.41) is 3.03. The highest BCUT2D eigenvalue weighted by molar-refractivity contribution is 7.98. The van der Waals surface area contributed by atoms with Crippen LogP contribution in [0.15, 0.2) is 82.6 Å². The molecule has 0 aliphatic rings. The Labute approximate surface area is 197 Å². The molecule has 6 nitrogen and oxygen atoms in total. The second-order valence-electron chi connectivity index (χ2n) is 6.83. The third kappa shape index (κ3) is 6.04. The highest BCUT2D eigenvalue weighted by atomic mass is 35.5. The number of thioether (sulfide) groups is 1. The van der Waals surface area contributed by atoms with Gasteiger partial charge < -0.3 is 10.1 Å². The van der Waals surface area contributed by atoms with E-state index >= 15 is 0 Å². The van der Waals surface area contributed by atoms with Crippen LogP contribution in [0, 0.1) is 0 Å². The Hall–Kier alpha value is -2.52. The number of rotatable bonds is 9. The topological polar surface area (TPSA) is 75.7 Å². The van der Waals surface area contributed by atoms with E-state index in [4.69, 9.17) is 16.3 Å². The van der Waals surface area contributed by atoms with Crippen LogP contribution in [0.3, 0.4) is 0 Å². The smallest absolute Gasteiger partial charge is 0.247 e. The maximum absolute atomic E-state index is 13.6. The van der Waals surface area contributed by atoms with Gasteiger partial charge in [0, 0.05) is 22.2 Å². The largest absolute Gasteiger partial charge is 0.495 e. The van der Waals surface area contributed by atoms with E-state index in [0.29, 0.717) is 5.69 Å². The van der Waals surface area contributed by atoms with Gasteiger partial charge in [0.1, 0.15) is 10.6 Å². The second kappa shape index (κ2) is 10.9. The van der Waals surface area contributed by atoms with Crippen molar-refractivity contribution in [1.82, 2.24) is 4.31 Å². The lowest BCUT2D eigenvalue weighted by Gasteiger charge is -2.23. The number of benzene rings is 3. The van der Waals surface area contributed by atoms with E-state index in [9.17, 15) is 13.2 Å². The molecule has 168 valence electrons. The number of halogens is 1. The Balaban J connectivity index is 1.93. The van der Waals surface area contributed by atoms with Gasteiger partial charge in [-0.15, -0.1) is 11.8 Å². The van der Waals surface area contributed by atoms with E-state index in [1.165, 1.54) is 19.2 Å². The van der Waals surface area contributed by atoms with E-state index in [-0.39, 0.29) is 28.8 Å². The molecule has 0 aliphatic carbocycles. The van der Waals surface area contributed by atoms with Gasteiger partial charge in [-0.25, -0.2) is 8.42 Å². The van der Waals surface area contributed by atoms with Gasteiger partial charge in [-0.2, -0.15) is 4.31 Å². The van der Waals surface area contributed by atoms with Gasteiger partial charge in [0.25, 0.3) is 0 Å². The molecule has 3 aromatic carbocycles. The van der Waals surface area contributed by atoms with E-state index in [0.717, 1.165) is 14.8 Å². The van der Waals surface area contributed by atoms with Crippen molar-refractivity contribution in [2.45, 2.75) is 16.3 Å². The van der Waals surface area contributed by atoms with Crippen molar-refractivity contribution >= 4 is 45.0 Å². The molecule has 0 aliphatic heterocycles. The van der Waals surface area contributed by atoms with Crippen molar-refractivity contribution in [3.8, 4) is 5.75 Å². The molecule has 1 amide bonds. The number of ether oxygens (including phenoxy) is 1. The molecule has 0 radical (unpaired) electrons. The van der Waals surface area contributed by atoms with Gasteiger partial charge in [-0.1, -0.05) is 48.0 Å². The van der Waals surface area contributed by atoms with Crippen LogP contribution in [-0.4, -0.2) is 38.5 Å². The van der Waals surface area contributed by atoms with Crippen LogP contribution in [0.4, 0.5) is 5.69 Å². The fraction of sp³-hybridized carbons (Fsp3) is 0.174. The van der Waals surface area contributed by atoms with E-state index in [2.05, 4.69) is 5.32 Å². The van der Waals surface area contributed by atoms with Crippen LogP contribution in [0.2, 0.25) is 5.02 Å². The number of methoxy groups -OCH3 is 1. The van der Waals surface area contributed by atoms with Crippen LogP contribution >= 0.6 is 23.4 Å². The molecule has 3 rings (SSSR count). The Morgan fingerprint density at radius 2 is 1.81 bits per heavy atom. The molecule has 0 saturated carbocycles. The summed E-state index contributed by atoms with van der Waals surface area (Å²) in [5.41, 5.74) is 1.34. The van der Waals surface area contributed by atoms with Gasteiger partial charge in [-0.05, 0) is 48.2 Å². The van der Waals surface area contributed by atoms with Crippen LogP contribution in [-0.2, 0) is 21.4 Å². The number of sulfonamides is 1. The monoisotopic (exact) mass is 490 g/mol. The van der Waals surface area contributed by atoms with Crippen LogP contribution in [0.25, 0.3) is 0 Å². The van der Waals surface area contributed by atoms with Crippen LogP contribution in [0.1, 0.15) is 5.56 Å². The lowest BCUT2D eigenvalue weighted by atomic mass is 10.2. The molecule has 32 heavy (non-hydrogen) atoms. The zero-order chi connectivity index (χ0) is 23.1. The van der Waals surface area contributed by atoms with Crippen molar-refractivity contribution in [2.24, 2.45) is 0 Å². The lowest BCUT2D eigenvalue weighted by molar-refractivity contribution is -0.116. The van der Waals surface area contributed by atoms with Crippen molar-refractivity contribution in [2.75, 3.05) is 25.2 Å². The predicted octanol–water partition coefficient (Wildman–Crippen LogP) is 4.90. The normalized spacial score (nSPS) is 11.4. The zero-order valence-corrected chi connectivity index (χ0v) is 20.0. The Kier molecular flexibility index (Phi) is 8.20. The molecule has 0 saturated heterocycles. The first-order valence-corrected chi connectivity index (χ1v) is 12.7. The minimum Gasteiger partial charge on any atom is -0.495 e. The number of carbonyl (C=O) groups excluding carboxylic acids is 1. The van der Waals surface area contributed by atoms with Crippen molar-refractivity contribution < 1.29 is 17.9 Å². The van der Waals surface area contributed by atoms with Crippen molar-refractivity contribution in [1.29, 1.82) is 0 Å². The third-order valence-electron chi connectivity index (χ3n) is 4.62. The molecule has 0 atom stereocenters. The molecule has 9 heteroatoms. The molecule has 0 unspecified atom stereocenters. The SMILES string of the molecule is COc1ccc(Cl)cc1S(=O)(=O)N(CC(=O)Nc1cccc(SC)c1)Cc1ccccc1. The summed E-state index contributed by atoms with van der Waals surface area (Å²) >= 11 is 7.62. The summed E-state index contributed by atoms with van der Waals surface area (Å²) in [6.07, 6.45) is 1.94. The summed E-state index contributed by atoms with van der Waals surface area (Å²) in [6, 6.07) is 20.8. The average Bonchev–Trinajstić information content (AvgIpc) is 2.79. The number of hydrogen-bond acceptors (Lipinski definition) is 5. The van der Waals surface area contributed by atoms with Gasteiger partial charge in [0.05, 0.1) is 13.7 Å². The third-order valence-corrected chi connectivity index (χ3v) is 7.39. The number of hydrogen-bond donors (Lipinski definition) is 1. The first-order valence-electron chi connectivity index (χ1n) is 9.65. The fourth-order valence-corrected chi connectivity index (χ4v) is 5.33. The van der Waals surface area contributed by atoms with E-state index in [1.807, 2.05) is 42.7 Å². The Morgan fingerprint density at radius 3 is 2.50 bits per heavy atom. The summed E-state index contributed by atoms with van der Waals surface area (Å²) in [6.45, 7) is -0.368. The Bertz CT molecular complexity index is 1190. The van der Waals surface area contributed by atoms with Crippen molar-refractivity contribution in [3.05, 3.63) is 83.4 Å². The molecule has 0 spiro atoms. The summed E-state index contributed by atoms with van der Waals surface area (Å²) in [5.74, 6) is -0.302. The summed E-state index contributed by atoms with van der Waals surface area (Å²) in [4.78, 5) is 13.7. The molecular weight excluding hydrogens is 468 g/mol. The second-order valence-corrected chi connectivity index (χ2v) is 10.1. The summed E-state index contributed by atoms with van der Waals surface area (Å²) in [7, 11) is -2.72. The number of nitrogens with zero attached hydrogens (tertiary/aromatic N) is 1. The van der Waals surface area contributed by atoms with Crippen molar-refractivity contribution in [3.63, 3.8) is 0 Å². The standard InChI is InChI=1S/C23H23ClN2O4S2/c1-30-21-12-11-18(24)13-22(21)32(28,29)26(15-17-7-4-3-5-8-17)16-23(27)25-19-9-6-10-20(14-19)31-2/h3-14H,15-16H2,1-2H3,(H,25,27). The molecule has 0 heterocycles. The first kappa shape index (κ1) is 24.1. The Morgan fingerprint density at radius 1 is 1.06 bits per heavy atom. The first-order chi connectivity index (χ1) is 15.3. The van der Waals surface area contributed by atoms with E-state index < -0.39 is 15.9 Å². The highest BCUT2D eigenvalue weighted by Gasteiger charge is 2.30. The molecule has 1 N–H and O–H groups in total. The fourth-order valence-electron chi connectivity index (χ4n) is 3.07. The number of nitrogens with one attached hydrogen (secondary N) is 1. The van der Waals surface area contributed by atoms with Gasteiger partial charge >= 0.3 is 0 Å². The molecular formula is C23H23ClN2O4S2. The minimum atomic E-state index is -4.11. The molecule has 3 aromatic rings. The maximum Gasteiger partial charge on any atom is 0.247 e. The predicted molar refractivity (Wildman–Crippen MR) is 129 cm³/mol. The average molecular weight is 491 g/mol. The molecule has 0 fully saturated rings. The lowest BCUT2D eigenvalue weighted by Crippen LogP contribution is -2.37. The zero-order valence-electron chi connectivity index (χ0n) is 17.6. The van der Waals surface area contributed by atoms with E-state index in [1.54, 1.807) is 36.0 Å². The molecule has 0 aromatic heterocycles. The van der Waals surface area contributed by atoms with Crippen LogP contribution in [0.5, 0.6) is 5.75 Å². The number of amides is 1. The highest BCUT2D eigenvalue weighted by Crippen LogP contribution is 2.30. The number of anilines is 1. The van der Waals surface area contributed by atoms with Gasteiger partial charge in [0.2, 0.25) is 15.9 Å².